The molecule has 15 heavy (non-hydrogen) atoms. The zero-order chi connectivity index (χ0) is 11.3. The normalized spacial score (nSPS) is 10.3. The number of carbonyl (C=O) groups is 1. The fraction of sp³-hybridized carbons (Fsp3) is 0.556. The van der Waals surface area contributed by atoms with Gasteiger partial charge in [-0.05, 0) is 12.7 Å². The lowest BCUT2D eigenvalue weighted by molar-refractivity contribution is 0.0526. The maximum absolute atomic E-state index is 11.4. The van der Waals surface area contributed by atoms with Crippen molar-refractivity contribution < 1.29 is 9.53 Å². The Bertz CT molecular complexity index is 341. The molecule has 0 atom stereocenters. The molecule has 0 fully saturated rings. The van der Waals surface area contributed by atoms with Crippen molar-refractivity contribution in [1.29, 1.82) is 0 Å². The standard InChI is InChI=1S/C9H13ClN2O2S/c1-3-14-9(13)7-5-12(6-15-4-2)11-8(7)10/h5H,3-4,6H2,1-2H3. The van der Waals surface area contributed by atoms with Gasteiger partial charge in [-0.25, -0.2) is 4.79 Å². The van der Waals surface area contributed by atoms with Gasteiger partial charge in [0.15, 0.2) is 5.15 Å². The minimum Gasteiger partial charge on any atom is -0.462 e. The maximum Gasteiger partial charge on any atom is 0.342 e. The topological polar surface area (TPSA) is 44.1 Å². The molecule has 0 saturated carbocycles. The Morgan fingerprint density at radius 1 is 1.67 bits per heavy atom. The minimum absolute atomic E-state index is 0.199. The molecule has 0 aromatic carbocycles. The number of hydrogen-bond donors (Lipinski definition) is 0. The van der Waals surface area contributed by atoms with Crippen molar-refractivity contribution in [3.05, 3.63) is 16.9 Å². The van der Waals surface area contributed by atoms with E-state index in [1.807, 2.05) is 0 Å². The Kier molecular flexibility index (Phi) is 4.98. The second-order valence-electron chi connectivity index (χ2n) is 2.72. The third-order valence-electron chi connectivity index (χ3n) is 1.64. The van der Waals surface area contributed by atoms with Gasteiger partial charge in [0.05, 0.1) is 12.5 Å². The van der Waals surface area contributed by atoms with Gasteiger partial charge in [0.2, 0.25) is 0 Å². The van der Waals surface area contributed by atoms with Crippen molar-refractivity contribution in [3.8, 4) is 0 Å². The van der Waals surface area contributed by atoms with E-state index in [2.05, 4.69) is 12.0 Å². The van der Waals surface area contributed by atoms with Gasteiger partial charge < -0.3 is 4.74 Å². The summed E-state index contributed by atoms with van der Waals surface area (Å²) in [7, 11) is 0. The van der Waals surface area contributed by atoms with Crippen LogP contribution in [0.1, 0.15) is 24.2 Å². The monoisotopic (exact) mass is 248 g/mol. The second kappa shape index (κ2) is 6.02. The van der Waals surface area contributed by atoms with Crippen molar-refractivity contribution in [3.63, 3.8) is 0 Å². The Morgan fingerprint density at radius 2 is 2.40 bits per heavy atom. The van der Waals surface area contributed by atoms with E-state index in [-0.39, 0.29) is 5.15 Å². The van der Waals surface area contributed by atoms with E-state index in [1.54, 1.807) is 29.6 Å². The van der Waals surface area contributed by atoms with E-state index < -0.39 is 5.97 Å². The number of nitrogens with zero attached hydrogens (tertiary/aromatic N) is 2. The quantitative estimate of drug-likeness (QED) is 0.751. The number of ether oxygens (including phenoxy) is 1. The molecule has 0 N–H and O–H groups in total. The smallest absolute Gasteiger partial charge is 0.342 e. The first-order valence-electron chi connectivity index (χ1n) is 4.66. The van der Waals surface area contributed by atoms with Crippen LogP contribution in [0.4, 0.5) is 0 Å². The van der Waals surface area contributed by atoms with Crippen molar-refractivity contribution in [1.82, 2.24) is 9.78 Å². The molecule has 84 valence electrons. The molecular weight excluding hydrogens is 236 g/mol. The molecule has 6 heteroatoms. The summed E-state index contributed by atoms with van der Waals surface area (Å²) in [4.78, 5) is 11.4. The first-order chi connectivity index (χ1) is 7.19. The number of esters is 1. The van der Waals surface area contributed by atoms with E-state index in [1.165, 1.54) is 0 Å². The predicted octanol–water partition coefficient (Wildman–Crippen LogP) is 2.42. The molecule has 0 unspecified atom stereocenters. The molecule has 1 aromatic rings. The van der Waals surface area contributed by atoms with Crippen LogP contribution in [0, 0.1) is 0 Å². The third kappa shape index (κ3) is 3.43. The average molecular weight is 249 g/mol. The Labute approximate surface area is 97.9 Å². The number of aromatic nitrogens is 2. The number of halogens is 1. The van der Waals surface area contributed by atoms with E-state index in [4.69, 9.17) is 16.3 Å². The lowest BCUT2D eigenvalue weighted by Crippen LogP contribution is -2.03. The summed E-state index contributed by atoms with van der Waals surface area (Å²) in [6.45, 7) is 4.15. The molecule has 4 nitrogen and oxygen atoms in total. The molecule has 0 aliphatic carbocycles. The summed E-state index contributed by atoms with van der Waals surface area (Å²) in [5.74, 6) is 1.26. The predicted molar refractivity (Wildman–Crippen MR) is 61.3 cm³/mol. The zero-order valence-corrected chi connectivity index (χ0v) is 10.3. The molecule has 0 saturated heterocycles. The molecule has 1 aromatic heterocycles. The number of thioether (sulfide) groups is 1. The molecule has 0 radical (unpaired) electrons. The van der Waals surface area contributed by atoms with Gasteiger partial charge in [0.25, 0.3) is 0 Å². The van der Waals surface area contributed by atoms with Crippen LogP contribution in [0.2, 0.25) is 5.15 Å². The van der Waals surface area contributed by atoms with Gasteiger partial charge in [-0.1, -0.05) is 18.5 Å². The second-order valence-corrected chi connectivity index (χ2v) is 4.32. The Morgan fingerprint density at radius 3 is 3.00 bits per heavy atom. The van der Waals surface area contributed by atoms with Crippen LogP contribution < -0.4 is 0 Å². The highest BCUT2D eigenvalue weighted by Crippen LogP contribution is 2.16. The van der Waals surface area contributed by atoms with E-state index in [0.29, 0.717) is 18.0 Å². The molecule has 0 aliphatic heterocycles. The molecule has 0 amide bonds. The number of carbonyl (C=O) groups excluding carboxylic acids is 1. The molecule has 0 aliphatic rings. The van der Waals surface area contributed by atoms with E-state index in [0.717, 1.165) is 5.75 Å². The van der Waals surface area contributed by atoms with Gasteiger partial charge in [-0.15, -0.1) is 11.8 Å². The van der Waals surface area contributed by atoms with Crippen molar-refractivity contribution in [2.45, 2.75) is 19.7 Å². The van der Waals surface area contributed by atoms with Crippen LogP contribution in [0.5, 0.6) is 0 Å². The highest BCUT2D eigenvalue weighted by Gasteiger charge is 2.15. The summed E-state index contributed by atoms with van der Waals surface area (Å²) >= 11 is 7.51. The molecule has 0 bridgehead atoms. The number of rotatable bonds is 5. The van der Waals surface area contributed by atoms with Gasteiger partial charge >= 0.3 is 5.97 Å². The van der Waals surface area contributed by atoms with Crippen molar-refractivity contribution in [2.75, 3.05) is 12.4 Å². The van der Waals surface area contributed by atoms with Gasteiger partial charge in [0, 0.05) is 6.20 Å². The summed E-state index contributed by atoms with van der Waals surface area (Å²) in [6, 6.07) is 0. The van der Waals surface area contributed by atoms with E-state index in [9.17, 15) is 4.79 Å². The van der Waals surface area contributed by atoms with Crippen LogP contribution in [0.15, 0.2) is 6.20 Å². The first-order valence-corrected chi connectivity index (χ1v) is 6.20. The third-order valence-corrected chi connectivity index (χ3v) is 2.77. The van der Waals surface area contributed by atoms with Crippen LogP contribution in [0.25, 0.3) is 0 Å². The highest BCUT2D eigenvalue weighted by molar-refractivity contribution is 7.98. The van der Waals surface area contributed by atoms with Crippen molar-refractivity contribution >= 4 is 29.3 Å². The first kappa shape index (κ1) is 12.4. The van der Waals surface area contributed by atoms with E-state index >= 15 is 0 Å². The van der Waals surface area contributed by atoms with Gasteiger partial charge in [-0.2, -0.15) is 5.10 Å². The average Bonchev–Trinajstić information content (AvgIpc) is 2.57. The zero-order valence-electron chi connectivity index (χ0n) is 8.70. The highest BCUT2D eigenvalue weighted by atomic mass is 35.5. The lowest BCUT2D eigenvalue weighted by atomic mass is 10.4. The Balaban J connectivity index is 2.72. The molecular formula is C9H13ClN2O2S. The largest absolute Gasteiger partial charge is 0.462 e. The van der Waals surface area contributed by atoms with Crippen LogP contribution in [0.3, 0.4) is 0 Å². The van der Waals surface area contributed by atoms with Crippen LogP contribution in [-0.2, 0) is 10.6 Å². The van der Waals surface area contributed by atoms with Crippen LogP contribution in [-0.4, -0.2) is 28.1 Å². The minimum atomic E-state index is -0.421. The summed E-state index contributed by atoms with van der Waals surface area (Å²) in [5, 5.41) is 4.21. The fourth-order valence-electron chi connectivity index (χ4n) is 0.995. The Hall–Kier alpha value is -0.680. The number of hydrogen-bond acceptors (Lipinski definition) is 4. The SMILES string of the molecule is CCOC(=O)c1cn(CSCC)nc1Cl. The maximum atomic E-state index is 11.4. The molecule has 0 spiro atoms. The molecule has 1 heterocycles. The summed E-state index contributed by atoms with van der Waals surface area (Å²) < 4.78 is 6.48. The van der Waals surface area contributed by atoms with Crippen LogP contribution >= 0.6 is 23.4 Å². The fourth-order valence-corrected chi connectivity index (χ4v) is 1.72. The van der Waals surface area contributed by atoms with Gasteiger partial charge in [-0.3, -0.25) is 4.68 Å². The molecule has 1 rings (SSSR count). The van der Waals surface area contributed by atoms with Gasteiger partial charge in [0.1, 0.15) is 5.56 Å². The lowest BCUT2D eigenvalue weighted by Gasteiger charge is -1.98. The summed E-state index contributed by atoms with van der Waals surface area (Å²) in [6.07, 6.45) is 1.61. The summed E-state index contributed by atoms with van der Waals surface area (Å²) in [5.41, 5.74) is 0.329. The van der Waals surface area contributed by atoms with Crippen molar-refractivity contribution in [2.24, 2.45) is 0 Å².